The van der Waals surface area contributed by atoms with Gasteiger partial charge in [-0.05, 0) is 52.7 Å². The first-order valence-electron chi connectivity index (χ1n) is 9.69. The van der Waals surface area contributed by atoms with Crippen molar-refractivity contribution in [1.82, 2.24) is 5.43 Å². The molecule has 0 aliphatic heterocycles. The summed E-state index contributed by atoms with van der Waals surface area (Å²) < 4.78 is 6.06. The summed E-state index contributed by atoms with van der Waals surface area (Å²) >= 11 is 18.0. The first-order valence-corrected chi connectivity index (χ1v) is 10.8. The molecule has 4 nitrogen and oxygen atoms in total. The predicted molar refractivity (Wildman–Crippen MR) is 131 cm³/mol. The molecule has 0 spiro atoms. The topological polar surface area (TPSA) is 50.7 Å². The molecule has 0 saturated heterocycles. The van der Waals surface area contributed by atoms with Crippen molar-refractivity contribution in [2.24, 2.45) is 5.10 Å². The number of carbonyl (C=O) groups is 1. The molecular weight excluding hydrogens is 467 g/mol. The van der Waals surface area contributed by atoms with Crippen molar-refractivity contribution in [2.45, 2.75) is 6.61 Å². The lowest BCUT2D eigenvalue weighted by Crippen LogP contribution is -2.18. The first-order chi connectivity index (χ1) is 15.5. The number of ether oxygens (including phenoxy) is 1. The Morgan fingerprint density at radius 2 is 1.66 bits per heavy atom. The normalized spacial score (nSPS) is 11.1. The Labute approximate surface area is 200 Å². The average Bonchev–Trinajstić information content (AvgIpc) is 2.79. The lowest BCUT2D eigenvalue weighted by atomic mass is 10.0. The molecule has 0 aliphatic rings. The molecule has 0 saturated carbocycles. The number of hydrazone groups is 1. The highest BCUT2D eigenvalue weighted by molar-refractivity contribution is 6.36. The fraction of sp³-hybridized carbons (Fsp3) is 0.0400. The van der Waals surface area contributed by atoms with Gasteiger partial charge >= 0.3 is 0 Å². The van der Waals surface area contributed by atoms with Gasteiger partial charge in [0, 0.05) is 15.6 Å². The van der Waals surface area contributed by atoms with Crippen molar-refractivity contribution in [3.63, 3.8) is 0 Å². The van der Waals surface area contributed by atoms with Crippen LogP contribution < -0.4 is 10.2 Å². The minimum Gasteiger partial charge on any atom is -0.488 e. The third-order valence-corrected chi connectivity index (χ3v) is 5.57. The molecule has 4 aromatic carbocycles. The van der Waals surface area contributed by atoms with Crippen LogP contribution >= 0.6 is 34.8 Å². The van der Waals surface area contributed by atoms with E-state index in [0.717, 1.165) is 21.9 Å². The standard InChI is InChI=1S/C25H17Cl3N2O2/c26-18-8-5-16(6-9-18)15-32-24-12-7-17-3-1-2-4-20(17)22(24)14-29-30-25(31)21-11-10-19(27)13-23(21)28/h1-14H,15H2,(H,30,31)/b29-14-. The van der Waals surface area contributed by atoms with Crippen molar-refractivity contribution in [2.75, 3.05) is 0 Å². The van der Waals surface area contributed by atoms with Crippen LogP contribution in [0.4, 0.5) is 0 Å². The van der Waals surface area contributed by atoms with Crippen LogP contribution in [0.1, 0.15) is 21.5 Å². The largest absolute Gasteiger partial charge is 0.488 e. The molecule has 0 fully saturated rings. The number of amides is 1. The number of rotatable bonds is 6. The van der Waals surface area contributed by atoms with Crippen LogP contribution in [0.3, 0.4) is 0 Å². The number of nitrogens with one attached hydrogen (secondary N) is 1. The molecule has 32 heavy (non-hydrogen) atoms. The van der Waals surface area contributed by atoms with Gasteiger partial charge in [0.05, 0.1) is 16.8 Å². The van der Waals surface area contributed by atoms with E-state index in [4.69, 9.17) is 39.5 Å². The van der Waals surface area contributed by atoms with Crippen molar-refractivity contribution >= 4 is 57.7 Å². The SMILES string of the molecule is O=C(N/N=C\c1c(OCc2ccc(Cl)cc2)ccc2ccccc12)c1ccc(Cl)cc1Cl. The Morgan fingerprint density at radius 1 is 0.906 bits per heavy atom. The van der Waals surface area contributed by atoms with Crippen LogP contribution in [0.15, 0.2) is 84.0 Å². The Kier molecular flexibility index (Phi) is 6.96. The van der Waals surface area contributed by atoms with Crippen LogP contribution in [0.5, 0.6) is 5.75 Å². The zero-order valence-electron chi connectivity index (χ0n) is 16.7. The van der Waals surface area contributed by atoms with E-state index in [2.05, 4.69) is 10.5 Å². The number of hydrogen-bond donors (Lipinski definition) is 1. The molecule has 0 atom stereocenters. The van der Waals surface area contributed by atoms with Crippen molar-refractivity contribution in [3.05, 3.63) is 111 Å². The van der Waals surface area contributed by atoms with E-state index in [1.165, 1.54) is 6.07 Å². The molecule has 0 unspecified atom stereocenters. The van der Waals surface area contributed by atoms with Gasteiger partial charge in [-0.25, -0.2) is 5.43 Å². The molecule has 0 radical (unpaired) electrons. The number of nitrogens with zero attached hydrogens (tertiary/aromatic N) is 1. The molecule has 1 N–H and O–H groups in total. The monoisotopic (exact) mass is 482 g/mol. The van der Waals surface area contributed by atoms with Gasteiger partial charge in [0.2, 0.25) is 0 Å². The molecule has 4 rings (SSSR count). The molecule has 0 aliphatic carbocycles. The maximum Gasteiger partial charge on any atom is 0.272 e. The second kappa shape index (κ2) is 10.0. The summed E-state index contributed by atoms with van der Waals surface area (Å²) in [6.45, 7) is 0.364. The van der Waals surface area contributed by atoms with Crippen molar-refractivity contribution in [1.29, 1.82) is 0 Å². The molecule has 0 heterocycles. The lowest BCUT2D eigenvalue weighted by molar-refractivity contribution is 0.0955. The molecule has 4 aromatic rings. The average molecular weight is 484 g/mol. The quantitative estimate of drug-likeness (QED) is 0.234. The third-order valence-electron chi connectivity index (χ3n) is 4.77. The third kappa shape index (κ3) is 5.22. The fourth-order valence-corrected chi connectivity index (χ4v) is 3.79. The van der Waals surface area contributed by atoms with Crippen molar-refractivity contribution < 1.29 is 9.53 Å². The van der Waals surface area contributed by atoms with Gasteiger partial charge in [-0.1, -0.05) is 77.3 Å². The van der Waals surface area contributed by atoms with Crippen LogP contribution in [0.2, 0.25) is 15.1 Å². The van der Waals surface area contributed by atoms with E-state index in [1.54, 1.807) is 18.3 Å². The van der Waals surface area contributed by atoms with Gasteiger partial charge in [0.25, 0.3) is 5.91 Å². The molecule has 7 heteroatoms. The highest BCUT2D eigenvalue weighted by Crippen LogP contribution is 2.28. The smallest absolute Gasteiger partial charge is 0.272 e. The highest BCUT2D eigenvalue weighted by Gasteiger charge is 2.11. The van der Waals surface area contributed by atoms with Gasteiger partial charge < -0.3 is 4.74 Å². The zero-order valence-corrected chi connectivity index (χ0v) is 19.0. The Hall–Kier alpha value is -3.05. The summed E-state index contributed by atoms with van der Waals surface area (Å²) in [6, 6.07) is 23.9. The van der Waals surface area contributed by atoms with Gasteiger partial charge in [-0.3, -0.25) is 4.79 Å². The van der Waals surface area contributed by atoms with E-state index >= 15 is 0 Å². The highest BCUT2D eigenvalue weighted by atomic mass is 35.5. The predicted octanol–water partition coefficient (Wildman–Crippen LogP) is 7.14. The minimum atomic E-state index is -0.438. The van der Waals surface area contributed by atoms with E-state index in [1.807, 2.05) is 60.7 Å². The van der Waals surface area contributed by atoms with Gasteiger partial charge in [-0.15, -0.1) is 0 Å². The first kappa shape index (κ1) is 22.2. The van der Waals surface area contributed by atoms with E-state index in [9.17, 15) is 4.79 Å². The summed E-state index contributed by atoms with van der Waals surface area (Å²) in [5.41, 5.74) is 4.53. The summed E-state index contributed by atoms with van der Waals surface area (Å²) in [5.74, 6) is 0.202. The van der Waals surface area contributed by atoms with Crippen LogP contribution in [0, 0.1) is 0 Å². The molecule has 1 amide bonds. The number of halogens is 3. The Morgan fingerprint density at radius 3 is 2.44 bits per heavy atom. The summed E-state index contributed by atoms with van der Waals surface area (Å²) in [7, 11) is 0. The molecule has 0 bridgehead atoms. The molecule has 0 aromatic heterocycles. The van der Waals surface area contributed by atoms with Crippen LogP contribution in [-0.4, -0.2) is 12.1 Å². The van der Waals surface area contributed by atoms with E-state index in [-0.39, 0.29) is 10.6 Å². The summed E-state index contributed by atoms with van der Waals surface area (Å²) in [6.07, 6.45) is 1.57. The van der Waals surface area contributed by atoms with Crippen molar-refractivity contribution in [3.8, 4) is 5.75 Å². The van der Waals surface area contributed by atoms with Gasteiger partial charge in [0.1, 0.15) is 12.4 Å². The second-order valence-corrected chi connectivity index (χ2v) is 8.22. The number of benzene rings is 4. The number of carbonyl (C=O) groups excluding carboxylic acids is 1. The number of hydrogen-bond acceptors (Lipinski definition) is 3. The zero-order chi connectivity index (χ0) is 22.5. The summed E-state index contributed by atoms with van der Waals surface area (Å²) in [5, 5.41) is 7.50. The Bertz CT molecular complexity index is 1300. The minimum absolute atomic E-state index is 0.252. The number of fused-ring (bicyclic) bond motifs is 1. The van der Waals surface area contributed by atoms with E-state index < -0.39 is 5.91 Å². The van der Waals surface area contributed by atoms with Crippen LogP contribution in [-0.2, 0) is 6.61 Å². The fourth-order valence-electron chi connectivity index (χ4n) is 3.17. The summed E-state index contributed by atoms with van der Waals surface area (Å²) in [4.78, 5) is 12.5. The van der Waals surface area contributed by atoms with Crippen LogP contribution in [0.25, 0.3) is 10.8 Å². The van der Waals surface area contributed by atoms with Gasteiger partial charge in [-0.2, -0.15) is 5.10 Å². The Balaban J connectivity index is 1.58. The van der Waals surface area contributed by atoms with Gasteiger partial charge in [0.15, 0.2) is 0 Å². The second-order valence-electron chi connectivity index (χ2n) is 6.94. The van der Waals surface area contributed by atoms with E-state index in [0.29, 0.717) is 22.4 Å². The lowest BCUT2D eigenvalue weighted by Gasteiger charge is -2.12. The maximum absolute atomic E-state index is 12.5. The molecule has 160 valence electrons. The molecular formula is C25H17Cl3N2O2. The maximum atomic E-state index is 12.5.